The minimum absolute atomic E-state index is 0.0260. The van der Waals surface area contributed by atoms with Crippen LogP contribution in [-0.2, 0) is 11.2 Å². The van der Waals surface area contributed by atoms with Gasteiger partial charge in [0.15, 0.2) is 0 Å². The van der Waals surface area contributed by atoms with E-state index in [1.165, 1.54) is 37.0 Å². The fourth-order valence-corrected chi connectivity index (χ4v) is 3.77. The number of amides is 2. The van der Waals surface area contributed by atoms with E-state index in [2.05, 4.69) is 12.2 Å². The average Bonchev–Trinajstić information content (AvgIpc) is 2.78. The van der Waals surface area contributed by atoms with E-state index in [0.717, 1.165) is 29.7 Å². The molecular formula is C17H28N2O2S. The Morgan fingerprint density at radius 1 is 1.09 bits per heavy atom. The minimum Gasteiger partial charge on any atom is -0.365 e. The third kappa shape index (κ3) is 5.44. The van der Waals surface area contributed by atoms with Crippen molar-refractivity contribution < 1.29 is 9.59 Å². The monoisotopic (exact) mass is 324 g/mol. The lowest BCUT2D eigenvalue weighted by Gasteiger charge is -2.06. The predicted molar refractivity (Wildman–Crippen MR) is 93.6 cm³/mol. The number of hydrogen-bond donors (Lipinski definition) is 2. The quantitative estimate of drug-likeness (QED) is 0.626. The first-order valence-corrected chi connectivity index (χ1v) is 9.04. The first kappa shape index (κ1) is 18.7. The molecular weight excluding hydrogens is 296 g/mol. The van der Waals surface area contributed by atoms with E-state index in [1.54, 1.807) is 0 Å². The SMILES string of the molecule is CCCCCCCCC(=O)Nc1sc(C)c(CC)c1C(N)=O. The smallest absolute Gasteiger partial charge is 0.251 e. The molecule has 1 aromatic heterocycles. The molecule has 3 N–H and O–H groups in total. The van der Waals surface area contributed by atoms with Crippen LogP contribution in [-0.4, -0.2) is 11.8 Å². The molecule has 124 valence electrons. The summed E-state index contributed by atoms with van der Waals surface area (Å²) in [5.74, 6) is -0.488. The minimum atomic E-state index is -0.462. The number of aryl methyl sites for hydroxylation is 1. The van der Waals surface area contributed by atoms with E-state index in [0.29, 0.717) is 17.0 Å². The number of anilines is 1. The van der Waals surface area contributed by atoms with Crippen LogP contribution >= 0.6 is 11.3 Å². The summed E-state index contributed by atoms with van der Waals surface area (Å²) >= 11 is 1.44. The summed E-state index contributed by atoms with van der Waals surface area (Å²) in [6.45, 7) is 6.14. The highest BCUT2D eigenvalue weighted by atomic mass is 32.1. The first-order valence-electron chi connectivity index (χ1n) is 8.23. The topological polar surface area (TPSA) is 72.2 Å². The zero-order valence-corrected chi connectivity index (χ0v) is 14.8. The van der Waals surface area contributed by atoms with Gasteiger partial charge in [0.05, 0.1) is 5.56 Å². The van der Waals surface area contributed by atoms with Crippen LogP contribution in [0.2, 0.25) is 0 Å². The molecule has 0 bridgehead atoms. The Morgan fingerprint density at radius 2 is 1.73 bits per heavy atom. The summed E-state index contributed by atoms with van der Waals surface area (Å²) in [6, 6.07) is 0. The van der Waals surface area contributed by atoms with E-state index in [9.17, 15) is 9.59 Å². The van der Waals surface area contributed by atoms with Gasteiger partial charge in [-0.1, -0.05) is 46.0 Å². The fourth-order valence-electron chi connectivity index (χ4n) is 2.61. The molecule has 1 rings (SSSR count). The molecule has 0 aliphatic carbocycles. The number of hydrogen-bond acceptors (Lipinski definition) is 3. The highest BCUT2D eigenvalue weighted by molar-refractivity contribution is 7.16. The van der Waals surface area contributed by atoms with Crippen molar-refractivity contribution in [3.63, 3.8) is 0 Å². The second kappa shape index (κ2) is 9.62. The molecule has 5 heteroatoms. The van der Waals surface area contributed by atoms with Crippen molar-refractivity contribution in [3.8, 4) is 0 Å². The number of rotatable bonds is 10. The van der Waals surface area contributed by atoms with Gasteiger partial charge in [-0.25, -0.2) is 0 Å². The summed E-state index contributed by atoms with van der Waals surface area (Å²) in [7, 11) is 0. The van der Waals surface area contributed by atoms with Crippen molar-refractivity contribution >= 4 is 28.2 Å². The molecule has 0 radical (unpaired) electrons. The van der Waals surface area contributed by atoms with Gasteiger partial charge >= 0.3 is 0 Å². The molecule has 0 spiro atoms. The maximum Gasteiger partial charge on any atom is 0.251 e. The zero-order chi connectivity index (χ0) is 16.5. The molecule has 0 unspecified atom stereocenters. The first-order chi connectivity index (χ1) is 10.5. The van der Waals surface area contributed by atoms with Crippen LogP contribution < -0.4 is 11.1 Å². The Balaban J connectivity index is 2.52. The number of carbonyl (C=O) groups is 2. The van der Waals surface area contributed by atoms with E-state index < -0.39 is 5.91 Å². The van der Waals surface area contributed by atoms with Crippen LogP contribution in [0.15, 0.2) is 0 Å². The van der Waals surface area contributed by atoms with Crippen LogP contribution in [0.5, 0.6) is 0 Å². The third-order valence-electron chi connectivity index (χ3n) is 3.82. The normalized spacial score (nSPS) is 10.7. The summed E-state index contributed by atoms with van der Waals surface area (Å²) in [6.07, 6.45) is 8.15. The third-order valence-corrected chi connectivity index (χ3v) is 4.88. The number of unbranched alkanes of at least 4 members (excludes halogenated alkanes) is 5. The van der Waals surface area contributed by atoms with Crippen LogP contribution in [0.4, 0.5) is 5.00 Å². The van der Waals surface area contributed by atoms with Crippen molar-refractivity contribution in [3.05, 3.63) is 16.0 Å². The van der Waals surface area contributed by atoms with Crippen LogP contribution in [0.3, 0.4) is 0 Å². The van der Waals surface area contributed by atoms with Gasteiger partial charge in [-0.2, -0.15) is 0 Å². The molecule has 0 saturated carbocycles. The molecule has 0 aromatic carbocycles. The molecule has 2 amide bonds. The summed E-state index contributed by atoms with van der Waals surface area (Å²) in [5, 5.41) is 3.48. The molecule has 0 fully saturated rings. The molecule has 4 nitrogen and oxygen atoms in total. The summed E-state index contributed by atoms with van der Waals surface area (Å²) < 4.78 is 0. The standard InChI is InChI=1S/C17H28N2O2S/c1-4-6-7-8-9-10-11-14(20)19-17-15(16(18)21)13(5-2)12(3)22-17/h4-11H2,1-3H3,(H2,18,21)(H,19,20). The van der Waals surface area contributed by atoms with E-state index in [1.807, 2.05) is 13.8 Å². The Morgan fingerprint density at radius 3 is 2.32 bits per heavy atom. The Bertz CT molecular complexity index is 509. The van der Waals surface area contributed by atoms with Crippen molar-refractivity contribution in [2.75, 3.05) is 5.32 Å². The second-order valence-electron chi connectivity index (χ2n) is 5.62. The average molecular weight is 324 g/mol. The Labute approximate surface area is 137 Å². The van der Waals surface area contributed by atoms with Crippen molar-refractivity contribution in [1.82, 2.24) is 0 Å². The predicted octanol–water partition coefficient (Wildman–Crippen LogP) is 4.41. The van der Waals surface area contributed by atoms with E-state index in [-0.39, 0.29) is 5.91 Å². The molecule has 1 aromatic rings. The van der Waals surface area contributed by atoms with Crippen molar-refractivity contribution in [1.29, 1.82) is 0 Å². The molecule has 0 saturated heterocycles. The highest BCUT2D eigenvalue weighted by Gasteiger charge is 2.20. The van der Waals surface area contributed by atoms with Gasteiger partial charge in [-0.15, -0.1) is 11.3 Å². The zero-order valence-electron chi connectivity index (χ0n) is 14.0. The van der Waals surface area contributed by atoms with Gasteiger partial charge in [0.2, 0.25) is 5.91 Å². The second-order valence-corrected chi connectivity index (χ2v) is 6.85. The molecule has 0 aliphatic heterocycles. The van der Waals surface area contributed by atoms with Gasteiger partial charge in [-0.3, -0.25) is 9.59 Å². The number of nitrogens with one attached hydrogen (secondary N) is 1. The highest BCUT2D eigenvalue weighted by Crippen LogP contribution is 2.33. The number of nitrogens with two attached hydrogens (primary N) is 1. The molecule has 22 heavy (non-hydrogen) atoms. The van der Waals surface area contributed by atoms with Gasteiger partial charge in [0.25, 0.3) is 5.91 Å². The molecule has 1 heterocycles. The number of carbonyl (C=O) groups excluding carboxylic acids is 2. The maximum atomic E-state index is 12.0. The van der Waals surface area contributed by atoms with Crippen molar-refractivity contribution in [2.24, 2.45) is 5.73 Å². The van der Waals surface area contributed by atoms with E-state index in [4.69, 9.17) is 5.73 Å². The lowest BCUT2D eigenvalue weighted by atomic mass is 10.1. The van der Waals surface area contributed by atoms with Crippen LogP contribution in [0.1, 0.15) is 79.6 Å². The summed E-state index contributed by atoms with van der Waals surface area (Å²) in [4.78, 5) is 24.7. The van der Waals surface area contributed by atoms with Crippen LogP contribution in [0.25, 0.3) is 0 Å². The van der Waals surface area contributed by atoms with Gasteiger partial charge in [0.1, 0.15) is 5.00 Å². The number of thiophene rings is 1. The van der Waals surface area contributed by atoms with Gasteiger partial charge in [-0.05, 0) is 25.3 Å². The number of primary amides is 1. The fraction of sp³-hybridized carbons (Fsp3) is 0.647. The molecule has 0 atom stereocenters. The lowest BCUT2D eigenvalue weighted by molar-refractivity contribution is -0.116. The van der Waals surface area contributed by atoms with Gasteiger partial charge in [0, 0.05) is 11.3 Å². The largest absolute Gasteiger partial charge is 0.365 e. The summed E-state index contributed by atoms with van der Waals surface area (Å²) in [5.41, 5.74) is 6.90. The Hall–Kier alpha value is -1.36. The van der Waals surface area contributed by atoms with Crippen LogP contribution in [0, 0.1) is 6.92 Å². The van der Waals surface area contributed by atoms with Crippen molar-refractivity contribution in [2.45, 2.75) is 72.1 Å². The van der Waals surface area contributed by atoms with Gasteiger partial charge < -0.3 is 11.1 Å². The maximum absolute atomic E-state index is 12.0. The van der Waals surface area contributed by atoms with E-state index >= 15 is 0 Å². The molecule has 0 aliphatic rings. The lowest BCUT2D eigenvalue weighted by Crippen LogP contribution is -2.17. The Kier molecular flexibility index (Phi) is 8.17.